The van der Waals surface area contributed by atoms with E-state index in [1.165, 1.54) is 15.6 Å². The maximum atomic E-state index is 6.99. The second-order valence-corrected chi connectivity index (χ2v) is 21.9. The van der Waals surface area contributed by atoms with Crippen molar-refractivity contribution in [3.8, 4) is 0 Å². The van der Waals surface area contributed by atoms with Crippen molar-refractivity contribution >= 4 is 104 Å². The molecule has 0 bridgehead atoms. The number of unbranched alkanes of at least 4 members (excludes halogenated alkanes) is 3. The first-order chi connectivity index (χ1) is 15.8. The number of hydrogen-bond acceptors (Lipinski definition) is 1. The summed E-state index contributed by atoms with van der Waals surface area (Å²) in [6.45, 7) is 0.748. The normalized spacial score (nSPS) is 12.6. The van der Waals surface area contributed by atoms with Gasteiger partial charge in [0, 0.05) is 6.61 Å². The summed E-state index contributed by atoms with van der Waals surface area (Å²) in [6, 6.07) is 32.3. The molecule has 0 atom stereocenters. The van der Waals surface area contributed by atoms with E-state index in [9.17, 15) is 0 Å². The molecule has 0 saturated heterocycles. The Labute approximate surface area is 240 Å². The Bertz CT molecular complexity index is 866. The summed E-state index contributed by atoms with van der Waals surface area (Å²) in [6.07, 6.45) is 5.42. The molecule has 3 aromatic carbocycles. The lowest BCUT2D eigenvalue weighted by Crippen LogP contribution is -2.69. The molecule has 0 spiro atoms. The maximum absolute atomic E-state index is 6.99. The Balaban J connectivity index is 1.73. The lowest BCUT2D eigenvalue weighted by Gasteiger charge is -2.33. The lowest BCUT2D eigenvalue weighted by molar-refractivity contribution is 0.309. The molecule has 0 unspecified atom stereocenters. The van der Waals surface area contributed by atoms with E-state index in [1.807, 2.05) is 0 Å². The quantitative estimate of drug-likeness (QED) is 0.0832. The minimum absolute atomic E-state index is 0.251. The Morgan fingerprint density at radius 2 is 0.939 bits per heavy atom. The third kappa shape index (κ3) is 7.37. The number of alkyl halides is 5. The standard InChI is InChI=1S/C26H27Br5OSi/c27-25(28,26(29,30)31)20-12-1-2-13-21-32-33(22-14-6-3-7-15-22,23-16-8-4-9-17-23)24-18-10-5-11-19-24/h3-11,14-19H,1-2,12-13,20-21H2. The van der Waals surface area contributed by atoms with Gasteiger partial charge in [-0.15, -0.1) is 0 Å². The van der Waals surface area contributed by atoms with Crippen LogP contribution in [0.3, 0.4) is 0 Å². The van der Waals surface area contributed by atoms with Crippen LogP contribution in [-0.4, -0.2) is 20.3 Å². The van der Waals surface area contributed by atoms with Crippen LogP contribution in [0, 0.1) is 0 Å². The molecule has 176 valence electrons. The Kier molecular flexibility index (Phi) is 10.9. The summed E-state index contributed by atoms with van der Waals surface area (Å²) >= 11 is 18.3. The number of rotatable bonds is 11. The third-order valence-electron chi connectivity index (χ3n) is 5.66. The average Bonchev–Trinajstić information content (AvgIpc) is 2.82. The SMILES string of the molecule is BrC(Br)(Br)C(Br)(Br)CCCCCCO[Si](c1ccccc1)(c1ccccc1)c1ccccc1. The molecule has 0 aliphatic heterocycles. The summed E-state index contributed by atoms with van der Waals surface area (Å²) in [5, 5.41) is 3.86. The molecule has 0 aliphatic rings. The van der Waals surface area contributed by atoms with E-state index in [-0.39, 0.29) is 5.38 Å². The van der Waals surface area contributed by atoms with Crippen LogP contribution in [0.5, 0.6) is 0 Å². The summed E-state index contributed by atoms with van der Waals surface area (Å²) in [5.74, 6) is 0. The molecule has 7 heteroatoms. The molecule has 0 aliphatic carbocycles. The van der Waals surface area contributed by atoms with Crippen LogP contribution in [0.2, 0.25) is 0 Å². The van der Waals surface area contributed by atoms with Crippen LogP contribution in [0.4, 0.5) is 0 Å². The number of benzene rings is 3. The molecule has 3 aromatic rings. The van der Waals surface area contributed by atoms with Gasteiger partial charge in [-0.2, -0.15) is 0 Å². The van der Waals surface area contributed by atoms with Crippen molar-refractivity contribution in [2.24, 2.45) is 0 Å². The van der Waals surface area contributed by atoms with Gasteiger partial charge in [-0.1, -0.05) is 190 Å². The van der Waals surface area contributed by atoms with Gasteiger partial charge in [0.25, 0.3) is 8.32 Å². The van der Waals surface area contributed by atoms with Crippen molar-refractivity contribution in [2.45, 2.75) is 37.5 Å². The van der Waals surface area contributed by atoms with Gasteiger partial charge in [-0.25, -0.2) is 0 Å². The van der Waals surface area contributed by atoms with Crippen LogP contribution in [0.25, 0.3) is 0 Å². The highest BCUT2D eigenvalue weighted by atomic mass is 80.0. The molecule has 0 amide bonds. The van der Waals surface area contributed by atoms with Crippen LogP contribution in [0.15, 0.2) is 91.0 Å². The van der Waals surface area contributed by atoms with Gasteiger partial charge in [0.15, 0.2) is 2.14 Å². The van der Waals surface area contributed by atoms with Gasteiger partial charge in [0.1, 0.15) is 3.23 Å². The highest BCUT2D eigenvalue weighted by Crippen LogP contribution is 2.55. The van der Waals surface area contributed by atoms with Crippen molar-refractivity contribution in [3.05, 3.63) is 91.0 Å². The molecule has 1 nitrogen and oxygen atoms in total. The van der Waals surface area contributed by atoms with Crippen LogP contribution < -0.4 is 15.6 Å². The molecule has 0 fully saturated rings. The molecule has 0 aromatic heterocycles. The van der Waals surface area contributed by atoms with Crippen molar-refractivity contribution < 1.29 is 4.43 Å². The molecule has 33 heavy (non-hydrogen) atoms. The fraction of sp³-hybridized carbons (Fsp3) is 0.308. The Morgan fingerprint density at radius 3 is 1.33 bits per heavy atom. The molecule has 3 rings (SSSR count). The van der Waals surface area contributed by atoms with Crippen molar-refractivity contribution in [1.29, 1.82) is 0 Å². The zero-order chi connectivity index (χ0) is 23.8. The molecule has 0 saturated carbocycles. The molecular weight excluding hydrogens is 756 g/mol. The monoisotopic (exact) mass is 778 g/mol. The van der Waals surface area contributed by atoms with Gasteiger partial charge in [0.05, 0.1) is 0 Å². The van der Waals surface area contributed by atoms with Crippen molar-refractivity contribution in [3.63, 3.8) is 0 Å². The number of hydrogen-bond donors (Lipinski definition) is 0. The second-order valence-electron chi connectivity index (χ2n) is 7.99. The predicted molar refractivity (Wildman–Crippen MR) is 163 cm³/mol. The van der Waals surface area contributed by atoms with E-state index in [2.05, 4.69) is 171 Å². The highest BCUT2D eigenvalue weighted by Gasteiger charge is 2.42. The minimum atomic E-state index is -2.58. The van der Waals surface area contributed by atoms with Crippen molar-refractivity contribution in [2.75, 3.05) is 6.61 Å². The first-order valence-corrected chi connectivity index (χ1v) is 16.9. The van der Waals surface area contributed by atoms with E-state index < -0.39 is 8.32 Å². The van der Waals surface area contributed by atoms with Gasteiger partial charge < -0.3 is 4.43 Å². The summed E-state index contributed by atoms with van der Waals surface area (Å²) in [5.41, 5.74) is 0. The average molecular weight is 783 g/mol. The summed E-state index contributed by atoms with van der Waals surface area (Å²) in [7, 11) is -2.58. The van der Waals surface area contributed by atoms with Crippen LogP contribution >= 0.6 is 79.6 Å². The maximum Gasteiger partial charge on any atom is 0.288 e. The Morgan fingerprint density at radius 1 is 0.545 bits per heavy atom. The Hall–Kier alpha value is 0.237. The van der Waals surface area contributed by atoms with E-state index in [1.54, 1.807) is 0 Å². The van der Waals surface area contributed by atoms with E-state index in [0.29, 0.717) is 0 Å². The fourth-order valence-corrected chi connectivity index (χ4v) is 9.03. The second kappa shape index (κ2) is 13.0. The zero-order valence-electron chi connectivity index (χ0n) is 18.2. The fourth-order valence-electron chi connectivity index (χ4n) is 3.94. The van der Waals surface area contributed by atoms with Crippen LogP contribution in [0.1, 0.15) is 32.1 Å². The molecule has 0 N–H and O–H groups in total. The van der Waals surface area contributed by atoms with Gasteiger partial charge in [-0.05, 0) is 28.4 Å². The topological polar surface area (TPSA) is 9.23 Å². The third-order valence-corrected chi connectivity index (χ3v) is 16.9. The first kappa shape index (κ1) is 27.8. The minimum Gasteiger partial charge on any atom is -0.404 e. The largest absolute Gasteiger partial charge is 0.404 e. The van der Waals surface area contributed by atoms with E-state index >= 15 is 0 Å². The summed E-state index contributed by atoms with van der Waals surface area (Å²) < 4.78 is 6.36. The predicted octanol–water partition coefficient (Wildman–Crippen LogP) is 7.95. The number of halogens is 5. The molecule has 0 radical (unpaired) electrons. The first-order valence-electron chi connectivity index (χ1n) is 11.0. The van der Waals surface area contributed by atoms with Crippen molar-refractivity contribution in [1.82, 2.24) is 0 Å². The lowest BCUT2D eigenvalue weighted by atomic mass is 10.1. The van der Waals surface area contributed by atoms with Gasteiger partial charge in [-0.3, -0.25) is 0 Å². The van der Waals surface area contributed by atoms with E-state index in [4.69, 9.17) is 4.43 Å². The summed E-state index contributed by atoms with van der Waals surface area (Å²) in [4.78, 5) is 0. The van der Waals surface area contributed by atoms with E-state index in [0.717, 1.165) is 38.7 Å². The van der Waals surface area contributed by atoms with Gasteiger partial charge >= 0.3 is 0 Å². The smallest absolute Gasteiger partial charge is 0.288 e. The zero-order valence-corrected chi connectivity index (χ0v) is 27.1. The molecular formula is C26H27Br5OSi. The molecule has 0 heterocycles. The van der Waals surface area contributed by atoms with Gasteiger partial charge in [0.2, 0.25) is 0 Å². The highest BCUT2D eigenvalue weighted by molar-refractivity contribution is 9.41. The van der Waals surface area contributed by atoms with Crippen LogP contribution in [-0.2, 0) is 4.43 Å².